The lowest BCUT2D eigenvalue weighted by Gasteiger charge is -2.22. The third kappa shape index (κ3) is 2.80. The van der Waals surface area contributed by atoms with Crippen LogP contribution in [-0.2, 0) is 6.42 Å². The minimum Gasteiger partial charge on any atom is -0.275 e. The predicted molar refractivity (Wildman–Crippen MR) is 88.4 cm³/mol. The van der Waals surface area contributed by atoms with Crippen LogP contribution < -0.4 is 0 Å². The summed E-state index contributed by atoms with van der Waals surface area (Å²) < 4.78 is 0. The van der Waals surface area contributed by atoms with Gasteiger partial charge in [0.25, 0.3) is 0 Å². The average molecular weight is 281 g/mol. The summed E-state index contributed by atoms with van der Waals surface area (Å²) in [7, 11) is 0. The van der Waals surface area contributed by atoms with Gasteiger partial charge in [-0.1, -0.05) is 60.7 Å². The molecule has 1 heterocycles. The van der Waals surface area contributed by atoms with Crippen LogP contribution in [0, 0.1) is 0 Å². The molecule has 0 N–H and O–H groups in total. The van der Waals surface area contributed by atoms with Gasteiger partial charge < -0.3 is 0 Å². The van der Waals surface area contributed by atoms with Crippen LogP contribution in [0.3, 0.4) is 0 Å². The van der Waals surface area contributed by atoms with E-state index in [1.54, 1.807) is 0 Å². The summed E-state index contributed by atoms with van der Waals surface area (Å²) in [6.07, 6.45) is 0.985. The highest BCUT2D eigenvalue weighted by Gasteiger charge is 2.36. The van der Waals surface area contributed by atoms with Crippen molar-refractivity contribution in [3.63, 3.8) is 0 Å². The van der Waals surface area contributed by atoms with Crippen molar-refractivity contribution in [2.24, 2.45) is 4.99 Å². The monoisotopic (exact) mass is 281 g/mol. The lowest BCUT2D eigenvalue weighted by Crippen LogP contribution is -2.17. The molecule has 0 radical (unpaired) electrons. The van der Waals surface area contributed by atoms with E-state index in [0.717, 1.165) is 6.42 Å². The van der Waals surface area contributed by atoms with Gasteiger partial charge in [-0.15, -0.1) is 11.8 Å². The Labute approximate surface area is 125 Å². The van der Waals surface area contributed by atoms with E-state index in [2.05, 4.69) is 74.5 Å². The van der Waals surface area contributed by atoms with Crippen molar-refractivity contribution >= 4 is 17.5 Å². The Morgan fingerprint density at radius 1 is 1.00 bits per heavy atom. The fraction of sp³-hybridized carbons (Fsp3) is 0.278. The zero-order valence-electron chi connectivity index (χ0n) is 11.9. The number of hydrogen-bond acceptors (Lipinski definition) is 2. The molecule has 3 rings (SSSR count). The summed E-state index contributed by atoms with van der Waals surface area (Å²) >= 11 is 1.97. The molecule has 20 heavy (non-hydrogen) atoms. The van der Waals surface area contributed by atoms with E-state index >= 15 is 0 Å². The van der Waals surface area contributed by atoms with Gasteiger partial charge in [-0.2, -0.15) is 0 Å². The minimum absolute atomic E-state index is 0.0497. The van der Waals surface area contributed by atoms with Crippen molar-refractivity contribution in [3.05, 3.63) is 71.8 Å². The molecule has 102 valence electrons. The van der Waals surface area contributed by atoms with Gasteiger partial charge in [0, 0.05) is 12.1 Å². The maximum Gasteiger partial charge on any atom is 0.108 e. The van der Waals surface area contributed by atoms with E-state index in [4.69, 9.17) is 4.99 Å². The molecule has 0 fully saturated rings. The van der Waals surface area contributed by atoms with E-state index < -0.39 is 0 Å². The summed E-state index contributed by atoms with van der Waals surface area (Å²) in [6.45, 7) is 4.40. The van der Waals surface area contributed by atoms with E-state index in [-0.39, 0.29) is 4.87 Å². The van der Waals surface area contributed by atoms with Gasteiger partial charge in [0.05, 0.1) is 5.25 Å². The van der Waals surface area contributed by atoms with Crippen LogP contribution >= 0.6 is 11.8 Å². The molecule has 0 amide bonds. The summed E-state index contributed by atoms with van der Waals surface area (Å²) in [5.41, 5.74) is 3.95. The predicted octanol–water partition coefficient (Wildman–Crippen LogP) is 4.89. The van der Waals surface area contributed by atoms with E-state index in [0.29, 0.717) is 5.25 Å². The lowest BCUT2D eigenvalue weighted by molar-refractivity contribution is 0.684. The molecule has 0 aromatic heterocycles. The number of rotatable bonds is 3. The first kappa shape index (κ1) is 13.4. The molecule has 2 aromatic rings. The highest BCUT2D eigenvalue weighted by Crippen LogP contribution is 2.48. The maximum atomic E-state index is 4.95. The number of benzene rings is 2. The molecular formula is C18H19NS. The quantitative estimate of drug-likeness (QED) is 0.780. The second-order valence-corrected chi connectivity index (χ2v) is 7.09. The van der Waals surface area contributed by atoms with Crippen LogP contribution in [0.2, 0.25) is 0 Å². The van der Waals surface area contributed by atoms with Crippen LogP contribution in [-0.4, -0.2) is 10.6 Å². The summed E-state index contributed by atoms with van der Waals surface area (Å²) in [5, 5.41) is 0.393. The van der Waals surface area contributed by atoms with E-state index in [1.165, 1.54) is 16.8 Å². The molecule has 0 aliphatic carbocycles. The zero-order valence-corrected chi connectivity index (χ0v) is 12.7. The SMILES string of the molecule is CC1=NC(C)(Cc2ccccc2)SC1c1ccccc1. The largest absolute Gasteiger partial charge is 0.275 e. The molecule has 1 aliphatic heterocycles. The van der Waals surface area contributed by atoms with Crippen LogP contribution in [0.4, 0.5) is 0 Å². The highest BCUT2D eigenvalue weighted by atomic mass is 32.2. The first-order chi connectivity index (χ1) is 9.66. The first-order valence-electron chi connectivity index (χ1n) is 6.99. The highest BCUT2D eigenvalue weighted by molar-refractivity contribution is 8.01. The van der Waals surface area contributed by atoms with Crippen molar-refractivity contribution in [2.75, 3.05) is 0 Å². The topological polar surface area (TPSA) is 12.4 Å². The zero-order chi connectivity index (χ0) is 14.0. The van der Waals surface area contributed by atoms with E-state index in [9.17, 15) is 0 Å². The fourth-order valence-electron chi connectivity index (χ4n) is 2.79. The normalized spacial score (nSPS) is 25.5. The van der Waals surface area contributed by atoms with Crippen LogP contribution in [0.15, 0.2) is 65.7 Å². The van der Waals surface area contributed by atoms with Crippen molar-refractivity contribution < 1.29 is 0 Å². The number of thioether (sulfide) groups is 1. The van der Waals surface area contributed by atoms with Gasteiger partial charge in [0.15, 0.2) is 0 Å². The van der Waals surface area contributed by atoms with Gasteiger partial charge in [-0.3, -0.25) is 4.99 Å². The second-order valence-electron chi connectivity index (χ2n) is 5.50. The number of nitrogens with zero attached hydrogens (tertiary/aromatic N) is 1. The Bertz CT molecular complexity index is 606. The first-order valence-corrected chi connectivity index (χ1v) is 7.87. The fourth-order valence-corrected chi connectivity index (χ4v) is 4.26. The molecule has 2 heteroatoms. The molecule has 2 unspecified atom stereocenters. The molecule has 0 saturated heterocycles. The molecule has 1 nitrogen and oxygen atoms in total. The summed E-state index contributed by atoms with van der Waals surface area (Å²) in [6, 6.07) is 21.3. The average Bonchev–Trinajstić information content (AvgIpc) is 2.76. The molecule has 0 spiro atoms. The molecular weight excluding hydrogens is 262 g/mol. The van der Waals surface area contributed by atoms with Gasteiger partial charge in [0.1, 0.15) is 4.87 Å². The molecule has 0 saturated carbocycles. The van der Waals surface area contributed by atoms with Crippen LogP contribution in [0.5, 0.6) is 0 Å². The number of aliphatic imine (C=N–C) groups is 1. The maximum absolute atomic E-state index is 4.95. The number of hydrogen-bond donors (Lipinski definition) is 0. The van der Waals surface area contributed by atoms with Gasteiger partial charge in [-0.05, 0) is 25.0 Å². The summed E-state index contributed by atoms with van der Waals surface area (Å²) in [5.74, 6) is 0. The standard InChI is InChI=1S/C18H19NS/c1-14-17(16-11-7-4-8-12-16)20-18(2,19-14)13-15-9-5-3-6-10-15/h3-12,17H,13H2,1-2H3. The van der Waals surface area contributed by atoms with Crippen molar-refractivity contribution in [3.8, 4) is 0 Å². The molecule has 2 atom stereocenters. The van der Waals surface area contributed by atoms with Crippen molar-refractivity contribution in [2.45, 2.75) is 30.4 Å². The van der Waals surface area contributed by atoms with Gasteiger partial charge in [-0.25, -0.2) is 0 Å². The Balaban J connectivity index is 1.81. The van der Waals surface area contributed by atoms with Gasteiger partial charge >= 0.3 is 0 Å². The van der Waals surface area contributed by atoms with Crippen molar-refractivity contribution in [1.82, 2.24) is 0 Å². The van der Waals surface area contributed by atoms with Crippen LogP contribution in [0.1, 0.15) is 30.2 Å². The van der Waals surface area contributed by atoms with Crippen molar-refractivity contribution in [1.29, 1.82) is 0 Å². The minimum atomic E-state index is -0.0497. The van der Waals surface area contributed by atoms with Crippen LogP contribution in [0.25, 0.3) is 0 Å². The molecule has 2 aromatic carbocycles. The lowest BCUT2D eigenvalue weighted by atomic mass is 10.1. The van der Waals surface area contributed by atoms with Gasteiger partial charge in [0.2, 0.25) is 0 Å². The Hall–Kier alpha value is -1.54. The molecule has 0 bridgehead atoms. The third-order valence-electron chi connectivity index (χ3n) is 3.64. The van der Waals surface area contributed by atoms with E-state index in [1.807, 2.05) is 11.8 Å². The second kappa shape index (κ2) is 5.45. The third-order valence-corrected chi connectivity index (χ3v) is 5.23. The Morgan fingerprint density at radius 3 is 2.25 bits per heavy atom. The smallest absolute Gasteiger partial charge is 0.108 e. The molecule has 1 aliphatic rings. The Kier molecular flexibility index (Phi) is 3.66. The summed E-state index contributed by atoms with van der Waals surface area (Å²) in [4.78, 5) is 4.90. The Morgan fingerprint density at radius 2 is 1.60 bits per heavy atom.